The van der Waals surface area contributed by atoms with Crippen molar-refractivity contribution < 1.29 is 4.79 Å². The van der Waals surface area contributed by atoms with E-state index in [1.807, 2.05) is 33.8 Å². The largest absolute Gasteiger partial charge is 0.300 e. The Morgan fingerprint density at radius 1 is 0.889 bits per heavy atom. The first-order valence-corrected chi connectivity index (χ1v) is 7.38. The SMILES string of the molecule is CC.CC.CCc1ccccc1.O=C1CCCC1. The Morgan fingerprint density at radius 2 is 1.33 bits per heavy atom. The summed E-state index contributed by atoms with van der Waals surface area (Å²) >= 11 is 0. The first kappa shape index (κ1) is 19.2. The highest BCUT2D eigenvalue weighted by Crippen LogP contribution is 2.11. The van der Waals surface area contributed by atoms with Gasteiger partial charge in [-0.3, -0.25) is 4.79 Å². The number of aryl methyl sites for hydroxylation is 1. The molecule has 0 N–H and O–H groups in total. The van der Waals surface area contributed by atoms with Crippen LogP contribution in [0.5, 0.6) is 0 Å². The second-order valence-corrected chi connectivity index (χ2v) is 3.58. The summed E-state index contributed by atoms with van der Waals surface area (Å²) in [7, 11) is 0. The van der Waals surface area contributed by atoms with Crippen LogP contribution in [0.25, 0.3) is 0 Å². The Morgan fingerprint density at radius 3 is 1.56 bits per heavy atom. The molecule has 0 bridgehead atoms. The zero-order valence-electron chi connectivity index (χ0n) is 12.8. The molecule has 18 heavy (non-hydrogen) atoms. The summed E-state index contributed by atoms with van der Waals surface area (Å²) in [5, 5.41) is 0. The van der Waals surface area contributed by atoms with Crippen LogP contribution in [-0.4, -0.2) is 5.78 Å². The fourth-order valence-corrected chi connectivity index (χ4v) is 1.48. The Labute approximate surface area is 114 Å². The summed E-state index contributed by atoms with van der Waals surface area (Å²) in [5.74, 6) is 0.454. The van der Waals surface area contributed by atoms with Crippen LogP contribution in [-0.2, 0) is 11.2 Å². The molecule has 0 aliphatic heterocycles. The third-order valence-corrected chi connectivity index (χ3v) is 2.41. The summed E-state index contributed by atoms with van der Waals surface area (Å²) in [6.07, 6.45) is 5.11. The van der Waals surface area contributed by atoms with Crippen LogP contribution < -0.4 is 0 Å². The maximum atomic E-state index is 10.2. The molecule has 1 aromatic rings. The number of Topliss-reactive ketones (excluding diaryl/α,β-unsaturated/α-hetero) is 1. The van der Waals surface area contributed by atoms with Crippen LogP contribution in [0, 0.1) is 0 Å². The van der Waals surface area contributed by atoms with E-state index in [2.05, 4.69) is 31.2 Å². The monoisotopic (exact) mass is 250 g/mol. The Hall–Kier alpha value is -1.11. The lowest BCUT2D eigenvalue weighted by Crippen LogP contribution is -1.81. The van der Waals surface area contributed by atoms with Crippen molar-refractivity contribution in [2.45, 2.75) is 66.7 Å². The van der Waals surface area contributed by atoms with Gasteiger partial charge in [-0.2, -0.15) is 0 Å². The van der Waals surface area contributed by atoms with Crippen molar-refractivity contribution >= 4 is 5.78 Å². The topological polar surface area (TPSA) is 17.1 Å². The fourth-order valence-electron chi connectivity index (χ4n) is 1.48. The number of ketones is 1. The highest BCUT2D eigenvalue weighted by atomic mass is 16.1. The summed E-state index contributed by atoms with van der Waals surface area (Å²) < 4.78 is 0. The zero-order valence-corrected chi connectivity index (χ0v) is 12.8. The minimum absolute atomic E-state index is 0.454. The Balaban J connectivity index is 0. The molecular formula is C17H30O. The van der Waals surface area contributed by atoms with Crippen molar-refractivity contribution in [2.24, 2.45) is 0 Å². The van der Waals surface area contributed by atoms with Gasteiger partial charge in [-0.1, -0.05) is 65.0 Å². The van der Waals surface area contributed by atoms with E-state index in [1.165, 1.54) is 5.56 Å². The number of hydrogen-bond acceptors (Lipinski definition) is 1. The van der Waals surface area contributed by atoms with Gasteiger partial charge >= 0.3 is 0 Å². The molecule has 0 unspecified atom stereocenters. The molecular weight excluding hydrogens is 220 g/mol. The van der Waals surface area contributed by atoms with E-state index >= 15 is 0 Å². The van der Waals surface area contributed by atoms with Crippen LogP contribution >= 0.6 is 0 Å². The Kier molecular flexibility index (Phi) is 17.0. The normalized spacial score (nSPS) is 12.2. The Bertz CT molecular complexity index is 256. The second kappa shape index (κ2) is 15.9. The molecule has 1 fully saturated rings. The number of carbonyl (C=O) groups excluding carboxylic acids is 1. The highest BCUT2D eigenvalue weighted by molar-refractivity contribution is 5.80. The van der Waals surface area contributed by atoms with Crippen molar-refractivity contribution in [1.82, 2.24) is 0 Å². The van der Waals surface area contributed by atoms with E-state index in [4.69, 9.17) is 0 Å². The van der Waals surface area contributed by atoms with Gasteiger partial charge in [-0.25, -0.2) is 0 Å². The maximum Gasteiger partial charge on any atom is 0.132 e. The molecule has 1 aliphatic rings. The molecule has 0 saturated heterocycles. The van der Waals surface area contributed by atoms with Crippen molar-refractivity contribution in [3.05, 3.63) is 35.9 Å². The first-order chi connectivity index (χ1) is 8.83. The second-order valence-electron chi connectivity index (χ2n) is 3.58. The molecule has 1 aliphatic carbocycles. The van der Waals surface area contributed by atoms with E-state index in [9.17, 15) is 4.79 Å². The predicted molar refractivity (Wildman–Crippen MR) is 82.0 cm³/mol. The van der Waals surface area contributed by atoms with Crippen molar-refractivity contribution in [3.63, 3.8) is 0 Å². The molecule has 104 valence electrons. The third-order valence-electron chi connectivity index (χ3n) is 2.41. The molecule has 1 nitrogen and oxygen atoms in total. The van der Waals surface area contributed by atoms with E-state index in [-0.39, 0.29) is 0 Å². The molecule has 0 amide bonds. The number of carbonyl (C=O) groups is 1. The summed E-state index contributed by atoms with van der Waals surface area (Å²) in [4.78, 5) is 10.2. The van der Waals surface area contributed by atoms with Gasteiger partial charge in [0.1, 0.15) is 5.78 Å². The van der Waals surface area contributed by atoms with Crippen LogP contribution in [0.15, 0.2) is 30.3 Å². The van der Waals surface area contributed by atoms with E-state index in [0.717, 1.165) is 32.1 Å². The zero-order chi connectivity index (χ0) is 14.2. The molecule has 0 aromatic heterocycles. The predicted octanol–water partition coefficient (Wildman–Crippen LogP) is 5.43. The van der Waals surface area contributed by atoms with Gasteiger partial charge in [-0.05, 0) is 24.8 Å². The molecule has 0 spiro atoms. The highest BCUT2D eigenvalue weighted by Gasteiger charge is 2.07. The molecule has 1 aromatic carbocycles. The standard InChI is InChI=1S/C8H10.C5H8O.2C2H6/c1-2-8-6-4-3-5-7-8;6-5-3-1-2-4-5;2*1-2/h3-7H,2H2,1H3;1-4H2;2*1-2H3. The number of hydrogen-bond donors (Lipinski definition) is 0. The van der Waals surface area contributed by atoms with Crippen LogP contribution in [0.1, 0.15) is 65.9 Å². The number of benzene rings is 1. The summed E-state index contributed by atoms with van der Waals surface area (Å²) in [6, 6.07) is 10.5. The molecule has 0 atom stereocenters. The number of rotatable bonds is 1. The van der Waals surface area contributed by atoms with Gasteiger partial charge in [0.25, 0.3) is 0 Å². The van der Waals surface area contributed by atoms with E-state index in [1.54, 1.807) is 0 Å². The third kappa shape index (κ3) is 11.4. The van der Waals surface area contributed by atoms with Crippen LogP contribution in [0.4, 0.5) is 0 Å². The van der Waals surface area contributed by atoms with Crippen molar-refractivity contribution in [1.29, 1.82) is 0 Å². The maximum absolute atomic E-state index is 10.2. The van der Waals surface area contributed by atoms with Gasteiger partial charge in [0.15, 0.2) is 0 Å². The van der Waals surface area contributed by atoms with Crippen LogP contribution in [0.3, 0.4) is 0 Å². The smallest absolute Gasteiger partial charge is 0.132 e. The molecule has 2 rings (SSSR count). The van der Waals surface area contributed by atoms with Gasteiger partial charge in [-0.15, -0.1) is 0 Å². The minimum Gasteiger partial charge on any atom is -0.300 e. The minimum atomic E-state index is 0.454. The molecule has 1 heteroatoms. The fraction of sp³-hybridized carbons (Fsp3) is 0.588. The summed E-state index contributed by atoms with van der Waals surface area (Å²) in [6.45, 7) is 10.2. The average molecular weight is 250 g/mol. The molecule has 1 saturated carbocycles. The van der Waals surface area contributed by atoms with Crippen molar-refractivity contribution in [3.8, 4) is 0 Å². The van der Waals surface area contributed by atoms with E-state index in [0.29, 0.717) is 5.78 Å². The van der Waals surface area contributed by atoms with E-state index < -0.39 is 0 Å². The van der Waals surface area contributed by atoms with Gasteiger partial charge < -0.3 is 0 Å². The molecule has 0 radical (unpaired) electrons. The van der Waals surface area contributed by atoms with Crippen molar-refractivity contribution in [2.75, 3.05) is 0 Å². The average Bonchev–Trinajstić information content (AvgIpc) is 2.96. The first-order valence-electron chi connectivity index (χ1n) is 7.38. The lowest BCUT2D eigenvalue weighted by Gasteiger charge is -1.89. The quantitative estimate of drug-likeness (QED) is 0.649. The lowest BCUT2D eigenvalue weighted by atomic mass is 10.2. The van der Waals surface area contributed by atoms with Gasteiger partial charge in [0.2, 0.25) is 0 Å². The lowest BCUT2D eigenvalue weighted by molar-refractivity contribution is -0.117. The summed E-state index contributed by atoms with van der Waals surface area (Å²) in [5.41, 5.74) is 1.41. The van der Waals surface area contributed by atoms with Crippen LogP contribution in [0.2, 0.25) is 0 Å². The van der Waals surface area contributed by atoms with Gasteiger partial charge in [0, 0.05) is 12.8 Å². The van der Waals surface area contributed by atoms with Gasteiger partial charge in [0.05, 0.1) is 0 Å². The molecule has 0 heterocycles.